The highest BCUT2D eigenvalue weighted by Crippen LogP contribution is 2.43. The van der Waals surface area contributed by atoms with Gasteiger partial charge in [-0.05, 0) is 87.5 Å². The molecule has 0 atom stereocenters. The highest BCUT2D eigenvalue weighted by molar-refractivity contribution is 6.35. The van der Waals surface area contributed by atoms with Crippen LogP contribution < -0.4 is 0 Å². The minimum atomic E-state index is 1.32. The quantitative estimate of drug-likeness (QED) is 0.183. The van der Waals surface area contributed by atoms with Crippen LogP contribution in [0.4, 0.5) is 0 Å². The fourth-order valence-corrected chi connectivity index (χ4v) is 5.82. The fourth-order valence-electron chi connectivity index (χ4n) is 5.82. The average molecular weight is 376 g/mol. The normalized spacial score (nSPS) is 12.7. The molecule has 0 fully saturated rings. The summed E-state index contributed by atoms with van der Waals surface area (Å²) in [5.74, 6) is 0. The Hall–Kier alpha value is -3.90. The molecule has 136 valence electrons. The smallest absolute Gasteiger partial charge is 0.00203 e. The maximum absolute atomic E-state index is 2.41. The molecule has 30 heavy (non-hydrogen) atoms. The van der Waals surface area contributed by atoms with E-state index in [4.69, 9.17) is 0 Å². The van der Waals surface area contributed by atoms with E-state index in [1.165, 1.54) is 75.4 Å². The zero-order chi connectivity index (χ0) is 19.4. The summed E-state index contributed by atoms with van der Waals surface area (Å²) in [6, 6.07) is 36.4. The van der Waals surface area contributed by atoms with Gasteiger partial charge in [-0.3, -0.25) is 0 Å². The van der Waals surface area contributed by atoms with Crippen LogP contribution in [0.5, 0.6) is 0 Å². The summed E-state index contributed by atoms with van der Waals surface area (Å²) >= 11 is 0. The number of hydrogen-bond acceptors (Lipinski definition) is 0. The summed E-state index contributed by atoms with van der Waals surface area (Å²) < 4.78 is 0. The van der Waals surface area contributed by atoms with E-state index >= 15 is 0 Å². The van der Waals surface area contributed by atoms with Crippen molar-refractivity contribution >= 4 is 75.4 Å². The number of benzene rings is 8. The molecule has 0 heteroatoms. The first-order valence-corrected chi connectivity index (χ1v) is 10.5. The van der Waals surface area contributed by atoms with Gasteiger partial charge in [0.15, 0.2) is 0 Å². The lowest BCUT2D eigenvalue weighted by Gasteiger charge is -2.17. The molecule has 0 amide bonds. The van der Waals surface area contributed by atoms with Crippen LogP contribution in [-0.4, -0.2) is 0 Å². The average Bonchev–Trinajstić information content (AvgIpc) is 2.80. The summed E-state index contributed by atoms with van der Waals surface area (Å²) in [4.78, 5) is 0. The Bertz CT molecular complexity index is 1760. The molecular weight excluding hydrogens is 360 g/mol. The largest absolute Gasteiger partial charge is 0.0610 e. The van der Waals surface area contributed by atoms with Crippen molar-refractivity contribution in [3.05, 3.63) is 97.1 Å². The second kappa shape index (κ2) is 4.98. The van der Waals surface area contributed by atoms with Crippen LogP contribution >= 0.6 is 0 Å². The van der Waals surface area contributed by atoms with Crippen molar-refractivity contribution in [2.24, 2.45) is 0 Å². The molecule has 0 saturated carbocycles. The van der Waals surface area contributed by atoms with Crippen molar-refractivity contribution in [2.75, 3.05) is 0 Å². The third-order valence-electron chi connectivity index (χ3n) is 7.09. The van der Waals surface area contributed by atoms with Crippen molar-refractivity contribution < 1.29 is 0 Å². The van der Waals surface area contributed by atoms with Gasteiger partial charge in [0.1, 0.15) is 0 Å². The first kappa shape index (κ1) is 15.0. The zero-order valence-corrected chi connectivity index (χ0v) is 16.2. The third kappa shape index (κ3) is 1.66. The molecule has 0 saturated heterocycles. The van der Waals surface area contributed by atoms with Gasteiger partial charge >= 0.3 is 0 Å². The van der Waals surface area contributed by atoms with Gasteiger partial charge in [0, 0.05) is 0 Å². The summed E-state index contributed by atoms with van der Waals surface area (Å²) in [5.41, 5.74) is 0. The molecule has 0 aliphatic rings. The minimum absolute atomic E-state index is 1.32. The van der Waals surface area contributed by atoms with Gasteiger partial charge in [-0.25, -0.2) is 0 Å². The molecule has 0 aliphatic heterocycles. The maximum Gasteiger partial charge on any atom is -0.00203 e. The van der Waals surface area contributed by atoms with Gasteiger partial charge in [-0.15, -0.1) is 0 Å². The second-order valence-electron chi connectivity index (χ2n) is 8.56. The SMILES string of the molecule is c1cc2ccc3cc4c(cc5ccc6cccc7ccc4c5c67)c4ccc(c1)c2c34. The van der Waals surface area contributed by atoms with Crippen LogP contribution in [0.1, 0.15) is 0 Å². The van der Waals surface area contributed by atoms with Crippen LogP contribution in [0, 0.1) is 0 Å². The lowest BCUT2D eigenvalue weighted by Crippen LogP contribution is -1.89. The van der Waals surface area contributed by atoms with Crippen molar-refractivity contribution in [2.45, 2.75) is 0 Å². The van der Waals surface area contributed by atoms with E-state index in [1.54, 1.807) is 0 Å². The van der Waals surface area contributed by atoms with Crippen molar-refractivity contribution in [1.82, 2.24) is 0 Å². The van der Waals surface area contributed by atoms with Gasteiger partial charge in [0.25, 0.3) is 0 Å². The first-order valence-electron chi connectivity index (χ1n) is 10.5. The molecule has 0 nitrogen and oxygen atoms in total. The second-order valence-corrected chi connectivity index (χ2v) is 8.56. The van der Waals surface area contributed by atoms with Crippen LogP contribution in [-0.2, 0) is 0 Å². The monoisotopic (exact) mass is 376 g/mol. The van der Waals surface area contributed by atoms with Crippen LogP contribution in [0.25, 0.3) is 75.4 Å². The molecule has 8 aromatic carbocycles. The Labute approximate surface area is 172 Å². The van der Waals surface area contributed by atoms with Crippen LogP contribution in [0.15, 0.2) is 97.1 Å². The highest BCUT2D eigenvalue weighted by Gasteiger charge is 2.15. The number of fused-ring (bicyclic) bond motifs is 3. The molecule has 0 unspecified atom stereocenters. The Morgan fingerprint density at radius 2 is 0.633 bits per heavy atom. The maximum atomic E-state index is 2.41. The molecule has 8 aromatic rings. The summed E-state index contributed by atoms with van der Waals surface area (Å²) in [6.07, 6.45) is 0. The molecular formula is C30H16. The highest BCUT2D eigenvalue weighted by atomic mass is 14.2. The van der Waals surface area contributed by atoms with Crippen LogP contribution in [0.3, 0.4) is 0 Å². The zero-order valence-electron chi connectivity index (χ0n) is 16.2. The van der Waals surface area contributed by atoms with Gasteiger partial charge in [0.2, 0.25) is 0 Å². The van der Waals surface area contributed by atoms with E-state index in [2.05, 4.69) is 97.1 Å². The lowest BCUT2D eigenvalue weighted by molar-refractivity contribution is 1.79. The Balaban J connectivity index is 1.71. The van der Waals surface area contributed by atoms with E-state index in [9.17, 15) is 0 Å². The van der Waals surface area contributed by atoms with E-state index < -0.39 is 0 Å². The number of rotatable bonds is 0. The van der Waals surface area contributed by atoms with E-state index in [0.29, 0.717) is 0 Å². The van der Waals surface area contributed by atoms with Crippen molar-refractivity contribution in [1.29, 1.82) is 0 Å². The fraction of sp³-hybridized carbons (Fsp3) is 0. The Kier molecular flexibility index (Phi) is 2.49. The molecule has 0 aromatic heterocycles. The van der Waals surface area contributed by atoms with Gasteiger partial charge < -0.3 is 0 Å². The molecule has 0 spiro atoms. The van der Waals surface area contributed by atoms with Gasteiger partial charge in [-0.1, -0.05) is 84.9 Å². The Morgan fingerprint density at radius 1 is 0.267 bits per heavy atom. The number of hydrogen-bond donors (Lipinski definition) is 0. The lowest BCUT2D eigenvalue weighted by atomic mass is 9.86. The van der Waals surface area contributed by atoms with Crippen molar-refractivity contribution in [3.8, 4) is 0 Å². The molecule has 0 bridgehead atoms. The molecule has 0 N–H and O–H groups in total. The summed E-state index contributed by atoms with van der Waals surface area (Å²) in [5, 5.41) is 18.9. The molecule has 0 radical (unpaired) electrons. The third-order valence-corrected chi connectivity index (χ3v) is 7.09. The van der Waals surface area contributed by atoms with Crippen molar-refractivity contribution in [3.63, 3.8) is 0 Å². The standard InChI is InChI=1S/C30H16/c1-3-17-7-9-21-15-26-24-14-12-20-6-2-4-18-8-10-22(30(24)28(18)20)16-25(26)23-13-11-19(5-1)27(17)29(21)23/h1-16H. The predicted molar refractivity (Wildman–Crippen MR) is 131 cm³/mol. The Morgan fingerprint density at radius 3 is 1.07 bits per heavy atom. The van der Waals surface area contributed by atoms with E-state index in [-0.39, 0.29) is 0 Å². The molecule has 0 aliphatic carbocycles. The van der Waals surface area contributed by atoms with Gasteiger partial charge in [-0.2, -0.15) is 0 Å². The summed E-state index contributed by atoms with van der Waals surface area (Å²) in [7, 11) is 0. The first-order chi connectivity index (χ1) is 14.9. The minimum Gasteiger partial charge on any atom is -0.0610 e. The molecule has 8 rings (SSSR count). The van der Waals surface area contributed by atoms with E-state index in [1.807, 2.05) is 0 Å². The predicted octanol–water partition coefficient (Wildman–Crippen LogP) is 8.63. The topological polar surface area (TPSA) is 0 Å². The van der Waals surface area contributed by atoms with E-state index in [0.717, 1.165) is 0 Å². The summed E-state index contributed by atoms with van der Waals surface area (Å²) in [6.45, 7) is 0. The molecule has 0 heterocycles. The van der Waals surface area contributed by atoms with Gasteiger partial charge in [0.05, 0.1) is 0 Å². The van der Waals surface area contributed by atoms with Crippen LogP contribution in [0.2, 0.25) is 0 Å².